The lowest BCUT2D eigenvalue weighted by atomic mass is 10.3. The molecule has 22 heavy (non-hydrogen) atoms. The fourth-order valence-electron chi connectivity index (χ4n) is 2.37. The van der Waals surface area contributed by atoms with Crippen LogP contribution in [0.15, 0.2) is 24.5 Å². The predicted molar refractivity (Wildman–Crippen MR) is 82.5 cm³/mol. The lowest BCUT2D eigenvalue weighted by Gasteiger charge is -2.34. The molecule has 1 N–H and O–H groups in total. The van der Waals surface area contributed by atoms with E-state index < -0.39 is 0 Å². The molecule has 1 amide bonds. The first-order valence-electron chi connectivity index (χ1n) is 6.92. The van der Waals surface area contributed by atoms with Crippen LogP contribution in [0.5, 0.6) is 5.88 Å². The molecule has 0 bridgehead atoms. The normalized spacial score (nSPS) is 15.0. The molecule has 1 aliphatic heterocycles. The molecule has 0 unspecified atom stereocenters. The number of amides is 1. The topological polar surface area (TPSA) is 74.3 Å². The van der Waals surface area contributed by atoms with Crippen molar-refractivity contribution >= 4 is 23.5 Å². The number of carbonyl (C=O) groups is 1. The molecular formula is C14H16ClN5O2. The Morgan fingerprint density at radius 3 is 2.77 bits per heavy atom. The number of H-pyrrole nitrogens is 1. The average Bonchev–Trinajstić information content (AvgIpc) is 3.01. The zero-order chi connectivity index (χ0) is 15.5. The molecule has 116 valence electrons. The van der Waals surface area contributed by atoms with E-state index in [4.69, 9.17) is 16.3 Å². The maximum Gasteiger partial charge on any atom is 0.270 e. The van der Waals surface area contributed by atoms with Gasteiger partial charge in [0.05, 0.1) is 12.1 Å². The molecular weight excluding hydrogens is 306 g/mol. The minimum Gasteiger partial charge on any atom is -0.481 e. The molecule has 2 aromatic heterocycles. The third-order valence-corrected chi connectivity index (χ3v) is 3.77. The van der Waals surface area contributed by atoms with E-state index in [0.29, 0.717) is 48.7 Å². The fraction of sp³-hybridized carbons (Fsp3) is 0.357. The van der Waals surface area contributed by atoms with Crippen molar-refractivity contribution in [3.05, 3.63) is 35.2 Å². The van der Waals surface area contributed by atoms with Gasteiger partial charge in [-0.3, -0.25) is 4.79 Å². The summed E-state index contributed by atoms with van der Waals surface area (Å²) >= 11 is 5.84. The van der Waals surface area contributed by atoms with E-state index in [9.17, 15) is 4.79 Å². The maximum atomic E-state index is 12.3. The van der Waals surface area contributed by atoms with Gasteiger partial charge in [0.25, 0.3) is 5.91 Å². The van der Waals surface area contributed by atoms with Gasteiger partial charge >= 0.3 is 0 Å². The SMILES string of the molecule is COc1ccnc(N2CCN(C(=O)c3cc(Cl)c[nH]3)CC2)n1. The summed E-state index contributed by atoms with van der Waals surface area (Å²) in [6.07, 6.45) is 3.27. The maximum absolute atomic E-state index is 12.3. The molecule has 8 heteroatoms. The van der Waals surface area contributed by atoms with E-state index in [2.05, 4.69) is 15.0 Å². The van der Waals surface area contributed by atoms with Crippen molar-refractivity contribution in [3.63, 3.8) is 0 Å². The van der Waals surface area contributed by atoms with Crippen LogP contribution >= 0.6 is 11.6 Å². The number of methoxy groups -OCH3 is 1. The van der Waals surface area contributed by atoms with Crippen LogP contribution in [0.25, 0.3) is 0 Å². The van der Waals surface area contributed by atoms with Crippen LogP contribution in [-0.2, 0) is 0 Å². The van der Waals surface area contributed by atoms with E-state index >= 15 is 0 Å². The van der Waals surface area contributed by atoms with Crippen LogP contribution in [-0.4, -0.2) is 59.0 Å². The van der Waals surface area contributed by atoms with E-state index in [1.54, 1.807) is 36.5 Å². The molecule has 1 aliphatic rings. The van der Waals surface area contributed by atoms with Crippen molar-refractivity contribution in [3.8, 4) is 5.88 Å². The highest BCUT2D eigenvalue weighted by Crippen LogP contribution is 2.16. The number of nitrogens with one attached hydrogen (secondary N) is 1. The van der Waals surface area contributed by atoms with Crippen molar-refractivity contribution < 1.29 is 9.53 Å². The van der Waals surface area contributed by atoms with Crippen LogP contribution < -0.4 is 9.64 Å². The Labute approximate surface area is 132 Å². The molecule has 1 fully saturated rings. The Bertz CT molecular complexity index is 667. The van der Waals surface area contributed by atoms with Gasteiger partial charge in [-0.1, -0.05) is 11.6 Å². The minimum absolute atomic E-state index is 0.0434. The van der Waals surface area contributed by atoms with Crippen molar-refractivity contribution in [2.45, 2.75) is 0 Å². The van der Waals surface area contributed by atoms with Crippen LogP contribution in [0.4, 0.5) is 5.95 Å². The summed E-state index contributed by atoms with van der Waals surface area (Å²) in [5.41, 5.74) is 0.510. The van der Waals surface area contributed by atoms with Crippen LogP contribution in [0.3, 0.4) is 0 Å². The van der Waals surface area contributed by atoms with Crippen LogP contribution in [0.1, 0.15) is 10.5 Å². The molecule has 0 atom stereocenters. The number of hydrogen-bond acceptors (Lipinski definition) is 5. The quantitative estimate of drug-likeness (QED) is 0.925. The highest BCUT2D eigenvalue weighted by molar-refractivity contribution is 6.30. The van der Waals surface area contributed by atoms with E-state index in [1.807, 2.05) is 4.90 Å². The molecule has 0 spiro atoms. The first-order valence-corrected chi connectivity index (χ1v) is 7.30. The Morgan fingerprint density at radius 1 is 1.36 bits per heavy atom. The van der Waals surface area contributed by atoms with Crippen molar-refractivity contribution in [1.82, 2.24) is 19.9 Å². The molecule has 2 aromatic rings. The van der Waals surface area contributed by atoms with Crippen molar-refractivity contribution in [1.29, 1.82) is 0 Å². The van der Waals surface area contributed by atoms with Gasteiger partial charge in [-0.25, -0.2) is 4.98 Å². The Kier molecular flexibility index (Phi) is 4.15. The van der Waals surface area contributed by atoms with E-state index in [1.165, 1.54) is 0 Å². The number of carbonyl (C=O) groups excluding carboxylic acids is 1. The summed E-state index contributed by atoms with van der Waals surface area (Å²) in [5, 5.41) is 0.534. The predicted octanol–water partition coefficient (Wildman–Crippen LogP) is 1.43. The van der Waals surface area contributed by atoms with Gasteiger partial charge in [0.1, 0.15) is 5.69 Å². The highest BCUT2D eigenvalue weighted by Gasteiger charge is 2.24. The lowest BCUT2D eigenvalue weighted by molar-refractivity contribution is 0.0741. The number of aromatic amines is 1. The third-order valence-electron chi connectivity index (χ3n) is 3.55. The molecule has 3 rings (SSSR count). The van der Waals surface area contributed by atoms with Gasteiger partial charge in [0.15, 0.2) is 0 Å². The summed E-state index contributed by atoms with van der Waals surface area (Å²) in [6, 6.07) is 3.35. The molecule has 0 aromatic carbocycles. The zero-order valence-corrected chi connectivity index (χ0v) is 12.9. The minimum atomic E-state index is -0.0434. The molecule has 1 saturated heterocycles. The number of aromatic nitrogens is 3. The number of ether oxygens (including phenoxy) is 1. The molecule has 0 saturated carbocycles. The number of nitrogens with zero attached hydrogens (tertiary/aromatic N) is 4. The Balaban J connectivity index is 1.63. The van der Waals surface area contributed by atoms with Gasteiger partial charge in [-0.15, -0.1) is 0 Å². The number of rotatable bonds is 3. The smallest absolute Gasteiger partial charge is 0.270 e. The number of halogens is 1. The summed E-state index contributed by atoms with van der Waals surface area (Å²) in [6.45, 7) is 2.56. The molecule has 0 aliphatic carbocycles. The van der Waals surface area contributed by atoms with Crippen molar-refractivity contribution in [2.24, 2.45) is 0 Å². The lowest BCUT2D eigenvalue weighted by Crippen LogP contribution is -2.49. The standard InChI is InChI=1S/C14H16ClN5O2/c1-22-12-2-3-16-14(18-12)20-6-4-19(5-7-20)13(21)11-8-10(15)9-17-11/h2-3,8-9,17H,4-7H2,1H3. The largest absolute Gasteiger partial charge is 0.481 e. The van der Waals surface area contributed by atoms with Crippen molar-refractivity contribution in [2.75, 3.05) is 38.2 Å². The summed E-state index contributed by atoms with van der Waals surface area (Å²) in [7, 11) is 1.57. The van der Waals surface area contributed by atoms with E-state index in [0.717, 1.165) is 0 Å². The Morgan fingerprint density at radius 2 is 2.14 bits per heavy atom. The van der Waals surface area contributed by atoms with Gasteiger partial charge < -0.3 is 19.5 Å². The van der Waals surface area contributed by atoms with Crippen LogP contribution in [0.2, 0.25) is 5.02 Å². The molecule has 7 nitrogen and oxygen atoms in total. The number of anilines is 1. The third kappa shape index (κ3) is 2.99. The summed E-state index contributed by atoms with van der Waals surface area (Å²) in [4.78, 5) is 27.6. The van der Waals surface area contributed by atoms with E-state index in [-0.39, 0.29) is 5.91 Å². The van der Waals surface area contributed by atoms with Gasteiger partial charge in [0, 0.05) is 44.6 Å². The van der Waals surface area contributed by atoms with Gasteiger partial charge in [-0.2, -0.15) is 4.98 Å². The molecule has 0 radical (unpaired) electrons. The van der Waals surface area contributed by atoms with Gasteiger partial charge in [-0.05, 0) is 6.07 Å². The summed E-state index contributed by atoms with van der Waals surface area (Å²) < 4.78 is 5.11. The Hall–Kier alpha value is -2.28. The monoisotopic (exact) mass is 321 g/mol. The second-order valence-electron chi connectivity index (χ2n) is 4.91. The first kappa shape index (κ1) is 14.6. The summed E-state index contributed by atoms with van der Waals surface area (Å²) in [5.74, 6) is 1.11. The highest BCUT2D eigenvalue weighted by atomic mass is 35.5. The average molecular weight is 322 g/mol. The number of hydrogen-bond donors (Lipinski definition) is 1. The van der Waals surface area contributed by atoms with Crippen LogP contribution in [0, 0.1) is 0 Å². The second kappa shape index (κ2) is 6.23. The fourth-order valence-corrected chi connectivity index (χ4v) is 2.53. The van der Waals surface area contributed by atoms with Gasteiger partial charge in [0.2, 0.25) is 11.8 Å². The number of piperazine rings is 1. The molecule has 3 heterocycles. The first-order chi connectivity index (χ1) is 10.7. The zero-order valence-electron chi connectivity index (χ0n) is 12.1. The second-order valence-corrected chi connectivity index (χ2v) is 5.35.